The zero-order valence-electron chi connectivity index (χ0n) is 6.55. The van der Waals surface area contributed by atoms with Gasteiger partial charge >= 0.3 is 0 Å². The number of methoxy groups -OCH3 is 1. The summed E-state index contributed by atoms with van der Waals surface area (Å²) in [6.07, 6.45) is 1.39. The molecule has 0 aromatic carbocycles. The molecule has 0 amide bonds. The highest BCUT2D eigenvalue weighted by atomic mass is 16.5. The Bertz CT molecular complexity index is 88.6. The van der Waals surface area contributed by atoms with Gasteiger partial charge < -0.3 is 4.74 Å². The molecule has 0 bridgehead atoms. The van der Waals surface area contributed by atoms with Gasteiger partial charge in [0.25, 0.3) is 0 Å². The van der Waals surface area contributed by atoms with Gasteiger partial charge in [0.2, 0.25) is 0 Å². The molecule has 0 N–H and O–H groups in total. The molecule has 1 saturated carbocycles. The minimum atomic E-state index is 0.866. The predicted molar refractivity (Wildman–Crippen MR) is 38.3 cm³/mol. The summed E-state index contributed by atoms with van der Waals surface area (Å²) in [7, 11) is 1.79. The lowest BCUT2D eigenvalue weighted by molar-refractivity contribution is 0.178. The van der Waals surface area contributed by atoms with Crippen LogP contribution in [0.4, 0.5) is 0 Å². The number of ether oxygens (including phenoxy) is 1. The maximum absolute atomic E-state index is 5.05. The summed E-state index contributed by atoms with van der Waals surface area (Å²) in [6, 6.07) is 0. The largest absolute Gasteiger partial charge is 0.384 e. The van der Waals surface area contributed by atoms with Crippen molar-refractivity contribution in [3.63, 3.8) is 0 Å². The lowest BCUT2D eigenvalue weighted by atomic mass is 10.1. The Hall–Kier alpha value is -0.0400. The van der Waals surface area contributed by atoms with Gasteiger partial charge in [-0.15, -0.1) is 0 Å². The minimum Gasteiger partial charge on any atom is -0.384 e. The van der Waals surface area contributed by atoms with Gasteiger partial charge in [-0.3, -0.25) is 0 Å². The molecule has 0 aliphatic heterocycles. The van der Waals surface area contributed by atoms with Gasteiger partial charge in [0.1, 0.15) is 0 Å². The van der Waals surface area contributed by atoms with Crippen LogP contribution in [0, 0.1) is 17.8 Å². The molecule has 2 unspecified atom stereocenters. The summed E-state index contributed by atoms with van der Waals surface area (Å²) in [5.41, 5.74) is 0. The van der Waals surface area contributed by atoms with Crippen LogP contribution in [0.15, 0.2) is 0 Å². The van der Waals surface area contributed by atoms with E-state index in [2.05, 4.69) is 13.8 Å². The van der Waals surface area contributed by atoms with Crippen molar-refractivity contribution >= 4 is 0 Å². The normalized spacial score (nSPS) is 33.3. The molecule has 2 atom stereocenters. The fraction of sp³-hybridized carbons (Fsp3) is 1.00. The van der Waals surface area contributed by atoms with Crippen molar-refractivity contribution < 1.29 is 4.74 Å². The van der Waals surface area contributed by atoms with Crippen LogP contribution in [0.25, 0.3) is 0 Å². The molecule has 9 heavy (non-hydrogen) atoms. The third kappa shape index (κ3) is 1.68. The molecule has 0 heterocycles. The lowest BCUT2D eigenvalue weighted by Gasteiger charge is -2.00. The molecular weight excluding hydrogens is 112 g/mol. The predicted octanol–water partition coefficient (Wildman–Crippen LogP) is 1.92. The van der Waals surface area contributed by atoms with E-state index < -0.39 is 0 Å². The molecule has 0 aromatic rings. The van der Waals surface area contributed by atoms with Crippen LogP contribution >= 0.6 is 0 Å². The Morgan fingerprint density at radius 3 is 2.56 bits per heavy atom. The van der Waals surface area contributed by atoms with Crippen molar-refractivity contribution in [1.29, 1.82) is 0 Å². The summed E-state index contributed by atoms with van der Waals surface area (Å²) in [6.45, 7) is 5.56. The van der Waals surface area contributed by atoms with Gasteiger partial charge in [-0.1, -0.05) is 13.8 Å². The molecular formula is C8H16O. The summed E-state index contributed by atoms with van der Waals surface area (Å²) in [5.74, 6) is 2.71. The Kier molecular flexibility index (Phi) is 2.12. The van der Waals surface area contributed by atoms with Crippen LogP contribution in [0.1, 0.15) is 20.3 Å². The van der Waals surface area contributed by atoms with E-state index in [4.69, 9.17) is 4.74 Å². The van der Waals surface area contributed by atoms with E-state index in [0.717, 1.165) is 24.4 Å². The quantitative estimate of drug-likeness (QED) is 0.564. The Morgan fingerprint density at radius 2 is 2.22 bits per heavy atom. The van der Waals surface area contributed by atoms with Crippen molar-refractivity contribution in [2.75, 3.05) is 13.7 Å². The second kappa shape index (κ2) is 2.70. The molecule has 1 rings (SSSR count). The summed E-state index contributed by atoms with van der Waals surface area (Å²) in [4.78, 5) is 0. The van der Waals surface area contributed by atoms with Crippen LogP contribution in [0.3, 0.4) is 0 Å². The van der Waals surface area contributed by atoms with Gasteiger partial charge in [0, 0.05) is 13.7 Å². The molecule has 0 saturated heterocycles. The van der Waals surface area contributed by atoms with Crippen LogP contribution in [-0.2, 0) is 4.74 Å². The first kappa shape index (κ1) is 7.07. The van der Waals surface area contributed by atoms with E-state index in [1.807, 2.05) is 0 Å². The van der Waals surface area contributed by atoms with Crippen LogP contribution in [0.5, 0.6) is 0 Å². The zero-order valence-corrected chi connectivity index (χ0v) is 6.55. The summed E-state index contributed by atoms with van der Waals surface area (Å²) >= 11 is 0. The Labute approximate surface area is 57.4 Å². The van der Waals surface area contributed by atoms with Crippen molar-refractivity contribution in [1.82, 2.24) is 0 Å². The van der Waals surface area contributed by atoms with E-state index in [0.29, 0.717) is 0 Å². The molecule has 1 fully saturated rings. The van der Waals surface area contributed by atoms with E-state index in [9.17, 15) is 0 Å². The molecule has 54 valence electrons. The highest BCUT2D eigenvalue weighted by Gasteiger charge is 2.38. The lowest BCUT2D eigenvalue weighted by Crippen LogP contribution is -1.97. The average Bonchev–Trinajstić information content (AvgIpc) is 2.47. The van der Waals surface area contributed by atoms with Gasteiger partial charge in [-0.05, 0) is 24.2 Å². The van der Waals surface area contributed by atoms with E-state index in [-0.39, 0.29) is 0 Å². The second-order valence-electron chi connectivity index (χ2n) is 3.36. The van der Waals surface area contributed by atoms with Crippen molar-refractivity contribution in [3.05, 3.63) is 0 Å². The third-order valence-corrected chi connectivity index (χ3v) is 2.21. The fourth-order valence-electron chi connectivity index (χ4n) is 1.49. The molecule has 1 aliphatic carbocycles. The second-order valence-corrected chi connectivity index (χ2v) is 3.36. The Balaban J connectivity index is 2.09. The van der Waals surface area contributed by atoms with Crippen molar-refractivity contribution in [3.8, 4) is 0 Å². The SMILES string of the molecule is COCC1CC1C(C)C. The highest BCUT2D eigenvalue weighted by Crippen LogP contribution is 2.43. The molecule has 0 aromatic heterocycles. The van der Waals surface area contributed by atoms with Gasteiger partial charge in [-0.25, -0.2) is 0 Å². The highest BCUT2D eigenvalue weighted by molar-refractivity contribution is 4.87. The number of rotatable bonds is 3. The van der Waals surface area contributed by atoms with E-state index >= 15 is 0 Å². The van der Waals surface area contributed by atoms with E-state index in [1.165, 1.54) is 6.42 Å². The van der Waals surface area contributed by atoms with Gasteiger partial charge in [0.15, 0.2) is 0 Å². The molecule has 1 aliphatic rings. The first-order chi connectivity index (χ1) is 4.25. The average molecular weight is 128 g/mol. The molecule has 0 spiro atoms. The van der Waals surface area contributed by atoms with Crippen LogP contribution in [0.2, 0.25) is 0 Å². The van der Waals surface area contributed by atoms with E-state index in [1.54, 1.807) is 7.11 Å². The van der Waals surface area contributed by atoms with Gasteiger partial charge in [-0.2, -0.15) is 0 Å². The first-order valence-electron chi connectivity index (χ1n) is 3.74. The van der Waals surface area contributed by atoms with Crippen molar-refractivity contribution in [2.45, 2.75) is 20.3 Å². The van der Waals surface area contributed by atoms with Crippen LogP contribution in [-0.4, -0.2) is 13.7 Å². The summed E-state index contributed by atoms with van der Waals surface area (Å²) < 4.78 is 5.05. The standard InChI is InChI=1S/C8H16O/c1-6(2)8-4-7(8)5-9-3/h6-8H,4-5H2,1-3H3. The maximum atomic E-state index is 5.05. The van der Waals surface area contributed by atoms with Gasteiger partial charge in [0.05, 0.1) is 0 Å². The first-order valence-corrected chi connectivity index (χ1v) is 3.74. The summed E-state index contributed by atoms with van der Waals surface area (Å²) in [5, 5.41) is 0. The van der Waals surface area contributed by atoms with Crippen LogP contribution < -0.4 is 0 Å². The topological polar surface area (TPSA) is 9.23 Å². The van der Waals surface area contributed by atoms with Crippen molar-refractivity contribution in [2.24, 2.45) is 17.8 Å². The molecule has 1 heteroatoms. The zero-order chi connectivity index (χ0) is 6.85. The minimum absolute atomic E-state index is 0.866. The third-order valence-electron chi connectivity index (χ3n) is 2.21. The number of hydrogen-bond donors (Lipinski definition) is 0. The maximum Gasteiger partial charge on any atom is 0.0493 e. The molecule has 1 nitrogen and oxygen atoms in total. The fourth-order valence-corrected chi connectivity index (χ4v) is 1.49. The Morgan fingerprint density at radius 1 is 1.56 bits per heavy atom. The number of hydrogen-bond acceptors (Lipinski definition) is 1. The smallest absolute Gasteiger partial charge is 0.0493 e. The monoisotopic (exact) mass is 128 g/mol. The molecule has 0 radical (unpaired) electrons.